The van der Waals surface area contributed by atoms with Gasteiger partial charge >= 0.3 is 8.25 Å². The predicted octanol–water partition coefficient (Wildman–Crippen LogP) is 4.32. The zero-order chi connectivity index (χ0) is 12.1. The Kier molecular flexibility index (Phi) is 18.2. The minimum atomic E-state index is -2.64. The van der Waals surface area contributed by atoms with Gasteiger partial charge in [0.25, 0.3) is 0 Å². The molecule has 0 aliphatic rings. The molecule has 104 valence electrons. The van der Waals surface area contributed by atoms with E-state index in [1.807, 2.05) is 0 Å². The van der Waals surface area contributed by atoms with Crippen molar-refractivity contribution < 1.29 is 14.0 Å². The lowest BCUT2D eigenvalue weighted by Crippen LogP contribution is -1.93. The smallest absolute Gasteiger partial charge is 0.488 e. The summed E-state index contributed by atoms with van der Waals surface area (Å²) in [6.07, 6.45) is 12.5. The molecule has 0 heterocycles. The molecule has 0 fully saturated rings. The molecule has 0 rings (SSSR count). The molecule has 5 heteroatoms. The summed E-state index contributed by atoms with van der Waals surface area (Å²) in [6.45, 7) is 2.59. The Morgan fingerprint density at radius 1 is 0.882 bits per heavy atom. The van der Waals surface area contributed by atoms with Crippen LogP contribution in [-0.4, -0.2) is 6.61 Å². The van der Waals surface area contributed by atoms with Crippen LogP contribution in [0.15, 0.2) is 0 Å². The van der Waals surface area contributed by atoms with Crippen molar-refractivity contribution in [1.29, 1.82) is 0 Å². The highest BCUT2D eigenvalue weighted by Gasteiger charge is 1.99. The number of rotatable bonds is 12. The molecule has 0 aliphatic carbocycles. The van der Waals surface area contributed by atoms with Crippen molar-refractivity contribution in [1.82, 2.24) is 6.15 Å². The minimum absolute atomic E-state index is 0. The zero-order valence-electron chi connectivity index (χ0n) is 11.5. The van der Waals surface area contributed by atoms with Crippen LogP contribution in [0.1, 0.15) is 71.1 Å². The van der Waals surface area contributed by atoms with Gasteiger partial charge in [-0.2, -0.15) is 0 Å². The van der Waals surface area contributed by atoms with Gasteiger partial charge in [-0.1, -0.05) is 64.7 Å². The largest absolute Gasteiger partial charge is 0.566 e. The lowest BCUT2D eigenvalue weighted by molar-refractivity contribution is -0.185. The molecule has 0 saturated carbocycles. The quantitative estimate of drug-likeness (QED) is 0.421. The van der Waals surface area contributed by atoms with E-state index in [4.69, 9.17) is 0 Å². The fraction of sp³-hybridized carbons (Fsp3) is 1.00. The van der Waals surface area contributed by atoms with Gasteiger partial charge in [0.1, 0.15) is 6.61 Å². The van der Waals surface area contributed by atoms with Gasteiger partial charge in [0.2, 0.25) is 0 Å². The van der Waals surface area contributed by atoms with Crippen LogP contribution in [0.4, 0.5) is 0 Å². The van der Waals surface area contributed by atoms with Crippen molar-refractivity contribution in [2.75, 3.05) is 6.61 Å². The molecule has 0 aromatic heterocycles. The first kappa shape index (κ1) is 19.3. The van der Waals surface area contributed by atoms with Gasteiger partial charge in [-0.25, -0.2) is 0 Å². The molecule has 1 unspecified atom stereocenters. The number of quaternary nitrogens is 1. The lowest BCUT2D eigenvalue weighted by atomic mass is 10.1. The third kappa shape index (κ3) is 18.5. The monoisotopic (exact) mass is 266 g/mol. The molecule has 0 aliphatic heterocycles. The molecule has 17 heavy (non-hydrogen) atoms. The van der Waals surface area contributed by atoms with Gasteiger partial charge in [0.05, 0.1) is 0 Å². The Morgan fingerprint density at radius 3 is 1.71 bits per heavy atom. The fourth-order valence-electron chi connectivity index (χ4n) is 1.73. The highest BCUT2D eigenvalue weighted by molar-refractivity contribution is 7.30. The average molecular weight is 266 g/mol. The third-order valence-corrected chi connectivity index (χ3v) is 3.09. The summed E-state index contributed by atoms with van der Waals surface area (Å²) in [5.74, 6) is 0. The first-order valence-electron chi connectivity index (χ1n) is 6.54. The lowest BCUT2D eigenvalue weighted by Gasteiger charge is -2.01. The third-order valence-electron chi connectivity index (χ3n) is 2.69. The first-order chi connectivity index (χ1) is 7.77. The van der Waals surface area contributed by atoms with Crippen LogP contribution in [0.5, 0.6) is 0 Å². The van der Waals surface area contributed by atoms with Crippen LogP contribution < -0.4 is 11.0 Å². The standard InChI is InChI=1S/C12H25O3P.H3N/c1-2-3-4-5-6-7-8-9-10-11-12-15-16(13)14;/h2-12H2,1H3;1H3/p+1. The molecule has 0 aromatic carbocycles. The van der Waals surface area contributed by atoms with E-state index in [1.54, 1.807) is 0 Å². The summed E-state index contributed by atoms with van der Waals surface area (Å²) in [5.41, 5.74) is 0. The van der Waals surface area contributed by atoms with E-state index in [1.165, 1.54) is 51.4 Å². The normalized spacial score (nSPS) is 11.1. The summed E-state index contributed by atoms with van der Waals surface area (Å²) in [6, 6.07) is 0. The summed E-state index contributed by atoms with van der Waals surface area (Å²) < 4.78 is 14.5. The van der Waals surface area contributed by atoms with E-state index in [0.717, 1.165) is 12.8 Å². The van der Waals surface area contributed by atoms with E-state index in [-0.39, 0.29) is 6.15 Å². The number of hydrogen-bond donors (Lipinski definition) is 1. The fourth-order valence-corrected chi connectivity index (χ4v) is 2.01. The van der Waals surface area contributed by atoms with Crippen molar-refractivity contribution in [3.8, 4) is 0 Å². The van der Waals surface area contributed by atoms with Gasteiger partial charge in [0, 0.05) is 0 Å². The van der Waals surface area contributed by atoms with Crippen molar-refractivity contribution >= 4 is 8.25 Å². The molecular formula is C12H29NO3P+. The number of hydrogen-bond acceptors (Lipinski definition) is 3. The second-order valence-corrected chi connectivity index (χ2v) is 4.94. The van der Waals surface area contributed by atoms with Gasteiger partial charge < -0.3 is 11.0 Å². The highest BCUT2D eigenvalue weighted by atomic mass is 31.1. The van der Waals surface area contributed by atoms with Crippen LogP contribution in [0.3, 0.4) is 0 Å². The molecular weight excluding hydrogens is 237 g/mol. The van der Waals surface area contributed by atoms with Crippen LogP contribution in [-0.2, 0) is 9.09 Å². The summed E-state index contributed by atoms with van der Waals surface area (Å²) >= 11 is 0. The molecule has 4 N–H and O–H groups in total. The van der Waals surface area contributed by atoms with Crippen molar-refractivity contribution in [2.24, 2.45) is 0 Å². The number of unbranched alkanes of at least 4 members (excludes halogenated alkanes) is 9. The first-order valence-corrected chi connectivity index (χ1v) is 7.64. The molecule has 0 spiro atoms. The SMILES string of the molecule is CCCCCCCCCCCCO[P+](=O)[O-].[NH4+]. The summed E-state index contributed by atoms with van der Waals surface area (Å²) in [4.78, 5) is 10.1. The van der Waals surface area contributed by atoms with Crippen LogP contribution >= 0.6 is 8.25 Å². The van der Waals surface area contributed by atoms with Gasteiger partial charge in [-0.05, 0) is 11.0 Å². The molecule has 0 aromatic rings. The molecule has 1 atom stereocenters. The maximum Gasteiger partial charge on any atom is 0.488 e. The van der Waals surface area contributed by atoms with E-state index in [9.17, 15) is 9.46 Å². The van der Waals surface area contributed by atoms with Crippen LogP contribution in [0.25, 0.3) is 0 Å². The van der Waals surface area contributed by atoms with E-state index >= 15 is 0 Å². The van der Waals surface area contributed by atoms with Gasteiger partial charge in [0.15, 0.2) is 0 Å². The summed E-state index contributed by atoms with van der Waals surface area (Å²) in [5, 5.41) is 0. The predicted molar refractivity (Wildman–Crippen MR) is 71.4 cm³/mol. The molecule has 0 bridgehead atoms. The molecule has 4 nitrogen and oxygen atoms in total. The van der Waals surface area contributed by atoms with E-state index in [0.29, 0.717) is 6.61 Å². The maximum absolute atomic E-state index is 10.1. The van der Waals surface area contributed by atoms with Gasteiger partial charge in [-0.3, -0.25) is 0 Å². The Hall–Kier alpha value is -0.0200. The highest BCUT2D eigenvalue weighted by Crippen LogP contribution is 2.13. The Balaban J connectivity index is 0. The molecule has 0 radical (unpaired) electrons. The molecule has 0 amide bonds. The van der Waals surface area contributed by atoms with Crippen molar-refractivity contribution in [3.05, 3.63) is 0 Å². The summed E-state index contributed by atoms with van der Waals surface area (Å²) in [7, 11) is -2.64. The molecule has 0 saturated heterocycles. The maximum atomic E-state index is 10.1. The Morgan fingerprint density at radius 2 is 1.29 bits per heavy atom. The van der Waals surface area contributed by atoms with Crippen LogP contribution in [0, 0.1) is 0 Å². The zero-order valence-corrected chi connectivity index (χ0v) is 12.3. The van der Waals surface area contributed by atoms with E-state index in [2.05, 4.69) is 11.4 Å². The van der Waals surface area contributed by atoms with Gasteiger partial charge in [-0.15, -0.1) is 4.52 Å². The van der Waals surface area contributed by atoms with Crippen molar-refractivity contribution in [2.45, 2.75) is 71.1 Å². The average Bonchev–Trinajstić information content (AvgIpc) is 2.25. The second-order valence-electron chi connectivity index (χ2n) is 4.24. The van der Waals surface area contributed by atoms with Crippen molar-refractivity contribution in [3.63, 3.8) is 0 Å². The minimum Gasteiger partial charge on any atom is -0.566 e. The van der Waals surface area contributed by atoms with Crippen LogP contribution in [0.2, 0.25) is 0 Å². The Bertz CT molecular complexity index is 168. The van der Waals surface area contributed by atoms with E-state index < -0.39 is 8.25 Å². The Labute approximate surface area is 107 Å². The second kappa shape index (κ2) is 16.0. The topological polar surface area (TPSA) is 85.9 Å².